The first-order chi connectivity index (χ1) is 14.3. The molecular formula is C22H25F3O5S. The maximum absolute atomic E-state index is 11.9. The Morgan fingerprint density at radius 1 is 1.00 bits per heavy atom. The highest BCUT2D eigenvalue weighted by molar-refractivity contribution is 7.87. The summed E-state index contributed by atoms with van der Waals surface area (Å²) in [5, 5.41) is 0. The Labute approximate surface area is 180 Å². The zero-order chi connectivity index (χ0) is 23.4. The number of benzene rings is 1. The largest absolute Gasteiger partial charge is 0.534 e. The van der Waals surface area contributed by atoms with Crippen molar-refractivity contribution < 1.29 is 35.4 Å². The van der Waals surface area contributed by atoms with Crippen LogP contribution in [0.3, 0.4) is 0 Å². The molecule has 1 aromatic rings. The van der Waals surface area contributed by atoms with Gasteiger partial charge in [0.05, 0.1) is 0 Å². The van der Waals surface area contributed by atoms with Crippen molar-refractivity contribution in [1.29, 1.82) is 0 Å². The molecule has 9 heteroatoms. The summed E-state index contributed by atoms with van der Waals surface area (Å²) in [5.41, 5.74) is -1.56. The van der Waals surface area contributed by atoms with Gasteiger partial charge in [-0.15, -0.1) is 0 Å². The highest BCUT2D eigenvalue weighted by Gasteiger charge is 2.49. The molecule has 0 spiro atoms. The van der Waals surface area contributed by atoms with Gasteiger partial charge < -0.3 is 4.18 Å². The summed E-state index contributed by atoms with van der Waals surface area (Å²) in [6, 6.07) is 8.49. The Balaban J connectivity index is 0.000000220. The molecule has 0 N–H and O–H groups in total. The molecule has 2 aliphatic carbocycles. The molecule has 0 unspecified atom stereocenters. The molecule has 0 bridgehead atoms. The second-order valence-corrected chi connectivity index (χ2v) is 9.23. The van der Waals surface area contributed by atoms with Gasteiger partial charge in [0.1, 0.15) is 17.3 Å². The smallest absolute Gasteiger partial charge is 0.381 e. The first-order valence-electron chi connectivity index (χ1n) is 9.80. The molecule has 0 aromatic heterocycles. The fraction of sp³-hybridized carbons (Fsp3) is 0.455. The minimum atomic E-state index is -5.61. The van der Waals surface area contributed by atoms with Gasteiger partial charge in [-0.3, -0.25) is 9.59 Å². The predicted molar refractivity (Wildman–Crippen MR) is 110 cm³/mol. The summed E-state index contributed by atoms with van der Waals surface area (Å²) in [6.45, 7) is 5.06. The molecule has 0 aliphatic heterocycles. The summed E-state index contributed by atoms with van der Waals surface area (Å²) < 4.78 is 60.9. The lowest BCUT2D eigenvalue weighted by molar-refractivity contribution is -0.120. The molecule has 0 heterocycles. The number of allylic oxidation sites excluding steroid dienone is 4. The number of carbonyl (C=O) groups excluding carboxylic acids is 2. The molecule has 0 amide bonds. The van der Waals surface area contributed by atoms with E-state index in [2.05, 4.69) is 41.4 Å². The second kappa shape index (κ2) is 9.80. The quantitative estimate of drug-likeness (QED) is 0.453. The van der Waals surface area contributed by atoms with E-state index in [1.54, 1.807) is 6.92 Å². The number of alkyl halides is 3. The summed E-state index contributed by atoms with van der Waals surface area (Å²) in [5.74, 6) is -0.669. The van der Waals surface area contributed by atoms with Crippen LogP contribution in [0.15, 0.2) is 42.2 Å². The molecule has 1 aromatic carbocycles. The number of Topliss-reactive ketones (excluding diaryl/α,β-unsaturated/α-hetero) is 2. The number of aryl methyl sites for hydroxylation is 1. The molecule has 170 valence electrons. The first-order valence-corrected chi connectivity index (χ1v) is 11.2. The average molecular weight is 458 g/mol. The van der Waals surface area contributed by atoms with Crippen LogP contribution in [0.1, 0.15) is 50.7 Å². The van der Waals surface area contributed by atoms with E-state index in [0.29, 0.717) is 0 Å². The maximum Gasteiger partial charge on any atom is 0.534 e. The van der Waals surface area contributed by atoms with Gasteiger partial charge in [0.25, 0.3) is 0 Å². The molecule has 3 rings (SSSR count). The van der Waals surface area contributed by atoms with E-state index in [4.69, 9.17) is 0 Å². The van der Waals surface area contributed by atoms with Crippen LogP contribution in [0.5, 0.6) is 0 Å². The second-order valence-electron chi connectivity index (χ2n) is 7.69. The van der Waals surface area contributed by atoms with E-state index in [1.165, 1.54) is 23.6 Å². The van der Waals surface area contributed by atoms with Gasteiger partial charge in [-0.25, -0.2) is 0 Å². The van der Waals surface area contributed by atoms with E-state index >= 15 is 0 Å². The lowest BCUT2D eigenvalue weighted by atomic mass is 10.0. The van der Waals surface area contributed by atoms with Gasteiger partial charge in [-0.2, -0.15) is 21.6 Å². The topological polar surface area (TPSA) is 77.5 Å². The molecular weight excluding hydrogens is 433 g/mol. The monoisotopic (exact) mass is 458 g/mol. The zero-order valence-corrected chi connectivity index (χ0v) is 18.3. The molecule has 2 aliphatic rings. The first kappa shape index (κ1) is 24.8. The van der Waals surface area contributed by atoms with Gasteiger partial charge in [0.15, 0.2) is 0 Å². The van der Waals surface area contributed by atoms with Crippen molar-refractivity contribution in [3.05, 3.63) is 53.3 Å². The predicted octanol–water partition coefficient (Wildman–Crippen LogP) is 5.11. The molecule has 31 heavy (non-hydrogen) atoms. The molecule has 5 nitrogen and oxygen atoms in total. The Hall–Kier alpha value is -2.42. The highest BCUT2D eigenvalue weighted by atomic mass is 32.2. The van der Waals surface area contributed by atoms with Crippen molar-refractivity contribution >= 4 is 27.3 Å². The van der Waals surface area contributed by atoms with Crippen LogP contribution >= 0.6 is 0 Å². The maximum atomic E-state index is 11.9. The van der Waals surface area contributed by atoms with Crippen LogP contribution in [0.25, 0.3) is 5.57 Å². The molecule has 0 radical (unpaired) electrons. The van der Waals surface area contributed by atoms with Gasteiger partial charge in [-0.05, 0) is 57.2 Å². The van der Waals surface area contributed by atoms with Crippen LogP contribution in [-0.4, -0.2) is 25.5 Å². The lowest BCUT2D eigenvalue weighted by Crippen LogP contribution is -2.25. The minimum absolute atomic E-state index is 0.0134. The standard InChI is InChI=1S/C14H16O.C8H9F3O4S/c1-10-4-3-5-13(8-10)14-7-6-12(9-14)11(2)15;1-5(12)6-2-3-7(4-6)15-16(13,14)8(9,10)11/h3-5,8-9,12H,6-7H2,1-2H3;4,6H,2-3H2,1H3/t12-;6-/m11/s1. The Morgan fingerprint density at radius 3 is 2.06 bits per heavy atom. The molecule has 0 saturated carbocycles. The summed E-state index contributed by atoms with van der Waals surface area (Å²) in [4.78, 5) is 22.1. The van der Waals surface area contributed by atoms with Crippen LogP contribution in [-0.2, 0) is 23.9 Å². The SMILES string of the molecule is CC(=O)[C@H]1C=C(OS(=O)(=O)C(F)(F)F)CC1.CC(=O)[C@H]1C=C(c2cccc(C)c2)CC1. The van der Waals surface area contributed by atoms with Crippen molar-refractivity contribution in [3.8, 4) is 0 Å². The number of rotatable bonds is 5. The number of hydrogen-bond acceptors (Lipinski definition) is 5. The minimum Gasteiger partial charge on any atom is -0.381 e. The van der Waals surface area contributed by atoms with Crippen molar-refractivity contribution in [3.63, 3.8) is 0 Å². The van der Waals surface area contributed by atoms with Crippen LogP contribution in [0.2, 0.25) is 0 Å². The lowest BCUT2D eigenvalue weighted by Gasteiger charge is -2.09. The fourth-order valence-electron chi connectivity index (χ4n) is 3.39. The van der Waals surface area contributed by atoms with Crippen LogP contribution in [0, 0.1) is 18.8 Å². The number of ketones is 2. The highest BCUT2D eigenvalue weighted by Crippen LogP contribution is 2.33. The van der Waals surface area contributed by atoms with E-state index in [0.717, 1.165) is 18.9 Å². The van der Waals surface area contributed by atoms with Gasteiger partial charge in [0.2, 0.25) is 0 Å². The summed E-state index contributed by atoms with van der Waals surface area (Å²) in [7, 11) is -5.61. The van der Waals surface area contributed by atoms with E-state index in [-0.39, 0.29) is 36.1 Å². The Bertz CT molecular complexity index is 1010. The normalized spacial score (nSPS) is 21.0. The molecule has 2 atom stereocenters. The third-order valence-corrected chi connectivity index (χ3v) is 6.15. The van der Waals surface area contributed by atoms with Gasteiger partial charge in [-0.1, -0.05) is 35.9 Å². The third kappa shape index (κ3) is 6.78. The third-order valence-electron chi connectivity index (χ3n) is 5.15. The summed E-state index contributed by atoms with van der Waals surface area (Å²) in [6.07, 6.45) is 5.56. The van der Waals surface area contributed by atoms with Crippen molar-refractivity contribution in [2.24, 2.45) is 11.8 Å². The van der Waals surface area contributed by atoms with Crippen LogP contribution < -0.4 is 0 Å². The van der Waals surface area contributed by atoms with Crippen molar-refractivity contribution in [2.75, 3.05) is 0 Å². The van der Waals surface area contributed by atoms with E-state index in [9.17, 15) is 31.2 Å². The zero-order valence-electron chi connectivity index (χ0n) is 17.5. The van der Waals surface area contributed by atoms with E-state index < -0.39 is 21.5 Å². The molecule has 0 saturated heterocycles. The number of carbonyl (C=O) groups is 2. The van der Waals surface area contributed by atoms with Gasteiger partial charge in [0, 0.05) is 18.3 Å². The average Bonchev–Trinajstić information content (AvgIpc) is 3.30. The number of halogens is 3. The van der Waals surface area contributed by atoms with Gasteiger partial charge >= 0.3 is 15.6 Å². The van der Waals surface area contributed by atoms with Crippen LogP contribution in [0.4, 0.5) is 13.2 Å². The number of hydrogen-bond donors (Lipinski definition) is 0. The molecule has 0 fully saturated rings. The summed E-state index contributed by atoms with van der Waals surface area (Å²) >= 11 is 0. The van der Waals surface area contributed by atoms with Crippen molar-refractivity contribution in [1.82, 2.24) is 0 Å². The Morgan fingerprint density at radius 2 is 1.58 bits per heavy atom. The van der Waals surface area contributed by atoms with E-state index in [1.807, 2.05) is 0 Å². The Kier molecular flexibility index (Phi) is 7.86. The fourth-order valence-corrected chi connectivity index (χ4v) is 3.91. The van der Waals surface area contributed by atoms with Crippen molar-refractivity contribution in [2.45, 2.75) is 52.0 Å².